The second-order valence-electron chi connectivity index (χ2n) is 4.01. The predicted molar refractivity (Wildman–Crippen MR) is 65.2 cm³/mol. The average molecular weight is 270 g/mol. The van der Waals surface area contributed by atoms with Gasteiger partial charge in [-0.15, -0.1) is 0 Å². The maximum Gasteiger partial charge on any atom is 0.124 e. The molecule has 1 N–H and O–H groups in total. The van der Waals surface area contributed by atoms with Crippen LogP contribution in [0.2, 0.25) is 0 Å². The molecule has 3 heteroatoms. The highest BCUT2D eigenvalue weighted by molar-refractivity contribution is 9.10. The minimum Gasteiger partial charge on any atom is -0.493 e. The summed E-state index contributed by atoms with van der Waals surface area (Å²) in [6, 6.07) is 6.63. The van der Waals surface area contributed by atoms with E-state index in [2.05, 4.69) is 41.2 Å². The fourth-order valence-electron chi connectivity index (χ4n) is 2.05. The van der Waals surface area contributed by atoms with E-state index in [4.69, 9.17) is 4.74 Å². The van der Waals surface area contributed by atoms with Crippen LogP contribution >= 0.6 is 15.9 Å². The highest BCUT2D eigenvalue weighted by Gasteiger charge is 2.27. The minimum absolute atomic E-state index is 0.413. The second kappa shape index (κ2) is 4.54. The summed E-state index contributed by atoms with van der Waals surface area (Å²) < 4.78 is 6.82. The van der Waals surface area contributed by atoms with Gasteiger partial charge in [0, 0.05) is 22.0 Å². The fourth-order valence-corrected chi connectivity index (χ4v) is 2.43. The zero-order valence-corrected chi connectivity index (χ0v) is 10.7. The van der Waals surface area contributed by atoms with Gasteiger partial charge < -0.3 is 10.1 Å². The Kier molecular flexibility index (Phi) is 3.32. The van der Waals surface area contributed by atoms with Gasteiger partial charge in [-0.2, -0.15) is 0 Å². The molecule has 2 rings (SSSR count). The Balaban J connectivity index is 2.36. The van der Waals surface area contributed by atoms with Crippen LogP contribution in [0.25, 0.3) is 0 Å². The van der Waals surface area contributed by atoms with Gasteiger partial charge in [0.05, 0.1) is 6.61 Å². The molecule has 2 nitrogen and oxygen atoms in total. The van der Waals surface area contributed by atoms with Crippen LogP contribution < -0.4 is 10.1 Å². The molecule has 2 unspecified atom stereocenters. The molecule has 0 amide bonds. The van der Waals surface area contributed by atoms with Crippen molar-refractivity contribution < 1.29 is 4.74 Å². The lowest BCUT2D eigenvalue weighted by molar-refractivity contribution is 0.190. The summed E-state index contributed by atoms with van der Waals surface area (Å²) in [6.45, 7) is 6.14. The molecule has 1 aromatic rings. The van der Waals surface area contributed by atoms with E-state index >= 15 is 0 Å². The summed E-state index contributed by atoms with van der Waals surface area (Å²) in [5.74, 6) is 1.54. The molecular weight excluding hydrogens is 254 g/mol. The van der Waals surface area contributed by atoms with E-state index < -0.39 is 0 Å². The number of rotatable bonds is 2. The Labute approximate surface area is 99.1 Å². The number of hydrogen-bond acceptors (Lipinski definition) is 2. The smallest absolute Gasteiger partial charge is 0.124 e. The predicted octanol–water partition coefficient (Wildman–Crippen LogP) is 3.13. The van der Waals surface area contributed by atoms with E-state index in [0.29, 0.717) is 12.0 Å². The Morgan fingerprint density at radius 2 is 2.33 bits per heavy atom. The summed E-state index contributed by atoms with van der Waals surface area (Å²) in [4.78, 5) is 0. The van der Waals surface area contributed by atoms with Crippen molar-refractivity contribution in [1.29, 1.82) is 0 Å². The normalized spacial score (nSPS) is 24.5. The SMILES string of the molecule is CCNC1c2cc(Br)ccc2OCC1C. The molecule has 1 heterocycles. The van der Waals surface area contributed by atoms with E-state index in [0.717, 1.165) is 23.4 Å². The van der Waals surface area contributed by atoms with E-state index in [1.807, 2.05) is 12.1 Å². The van der Waals surface area contributed by atoms with Crippen LogP contribution in [0.5, 0.6) is 5.75 Å². The average Bonchev–Trinajstić information content (AvgIpc) is 2.23. The van der Waals surface area contributed by atoms with Crippen molar-refractivity contribution in [3.8, 4) is 5.75 Å². The van der Waals surface area contributed by atoms with Gasteiger partial charge >= 0.3 is 0 Å². The minimum atomic E-state index is 0.413. The molecule has 0 radical (unpaired) electrons. The maximum atomic E-state index is 5.71. The number of halogens is 1. The molecule has 0 saturated carbocycles. The van der Waals surface area contributed by atoms with Crippen molar-refractivity contribution in [1.82, 2.24) is 5.32 Å². The first-order valence-electron chi connectivity index (χ1n) is 5.38. The highest BCUT2D eigenvalue weighted by Crippen LogP contribution is 2.36. The molecule has 1 aliphatic rings. The van der Waals surface area contributed by atoms with Gasteiger partial charge in [0.2, 0.25) is 0 Å². The first-order valence-corrected chi connectivity index (χ1v) is 6.17. The van der Waals surface area contributed by atoms with Crippen LogP contribution in [0.15, 0.2) is 22.7 Å². The molecule has 1 aliphatic heterocycles. The van der Waals surface area contributed by atoms with Crippen LogP contribution in [0.1, 0.15) is 25.5 Å². The van der Waals surface area contributed by atoms with Crippen LogP contribution in [0.3, 0.4) is 0 Å². The van der Waals surface area contributed by atoms with Crippen molar-refractivity contribution in [2.24, 2.45) is 5.92 Å². The van der Waals surface area contributed by atoms with Gasteiger partial charge in [0.1, 0.15) is 5.75 Å². The third-order valence-corrected chi connectivity index (χ3v) is 3.29. The number of ether oxygens (including phenoxy) is 1. The third kappa shape index (κ3) is 2.18. The zero-order chi connectivity index (χ0) is 10.8. The third-order valence-electron chi connectivity index (χ3n) is 2.80. The van der Waals surface area contributed by atoms with Crippen molar-refractivity contribution in [3.05, 3.63) is 28.2 Å². The summed E-state index contributed by atoms with van der Waals surface area (Å²) in [5.41, 5.74) is 1.27. The topological polar surface area (TPSA) is 21.3 Å². The summed E-state index contributed by atoms with van der Waals surface area (Å²) in [5, 5.41) is 3.52. The second-order valence-corrected chi connectivity index (χ2v) is 4.92. The lowest BCUT2D eigenvalue weighted by atomic mass is 9.92. The Morgan fingerprint density at radius 1 is 1.53 bits per heavy atom. The van der Waals surface area contributed by atoms with Crippen LogP contribution in [0.4, 0.5) is 0 Å². The maximum absolute atomic E-state index is 5.71. The van der Waals surface area contributed by atoms with E-state index in [-0.39, 0.29) is 0 Å². The fraction of sp³-hybridized carbons (Fsp3) is 0.500. The number of nitrogens with one attached hydrogen (secondary N) is 1. The lowest BCUT2D eigenvalue weighted by Gasteiger charge is -2.32. The van der Waals surface area contributed by atoms with E-state index in [1.165, 1.54) is 5.56 Å². The van der Waals surface area contributed by atoms with Crippen LogP contribution in [0, 0.1) is 5.92 Å². The highest BCUT2D eigenvalue weighted by atomic mass is 79.9. The molecule has 0 fully saturated rings. The van der Waals surface area contributed by atoms with E-state index in [1.54, 1.807) is 0 Å². The van der Waals surface area contributed by atoms with Crippen molar-refractivity contribution in [2.45, 2.75) is 19.9 Å². The molecule has 0 saturated heterocycles. The number of benzene rings is 1. The quantitative estimate of drug-likeness (QED) is 0.891. The lowest BCUT2D eigenvalue weighted by Crippen LogP contribution is -2.33. The molecule has 0 aromatic heterocycles. The molecule has 2 atom stereocenters. The Hall–Kier alpha value is -0.540. The van der Waals surface area contributed by atoms with Gasteiger partial charge in [0.25, 0.3) is 0 Å². The monoisotopic (exact) mass is 269 g/mol. The first kappa shape index (κ1) is 11.0. The standard InChI is InChI=1S/C12H16BrNO/c1-3-14-12-8(2)7-15-11-5-4-9(13)6-10(11)12/h4-6,8,12,14H,3,7H2,1-2H3. The van der Waals surface area contributed by atoms with Crippen molar-refractivity contribution in [3.63, 3.8) is 0 Å². The summed E-state index contributed by atoms with van der Waals surface area (Å²) in [7, 11) is 0. The Morgan fingerprint density at radius 3 is 3.07 bits per heavy atom. The molecule has 0 bridgehead atoms. The molecule has 15 heavy (non-hydrogen) atoms. The van der Waals surface area contributed by atoms with Crippen LogP contribution in [-0.2, 0) is 0 Å². The van der Waals surface area contributed by atoms with E-state index in [9.17, 15) is 0 Å². The zero-order valence-electron chi connectivity index (χ0n) is 9.09. The number of hydrogen-bond donors (Lipinski definition) is 1. The van der Waals surface area contributed by atoms with Gasteiger partial charge in [-0.3, -0.25) is 0 Å². The first-order chi connectivity index (χ1) is 7.22. The van der Waals surface area contributed by atoms with Gasteiger partial charge in [-0.05, 0) is 24.7 Å². The van der Waals surface area contributed by atoms with Gasteiger partial charge in [-0.25, -0.2) is 0 Å². The van der Waals surface area contributed by atoms with Crippen molar-refractivity contribution in [2.75, 3.05) is 13.2 Å². The summed E-state index contributed by atoms with van der Waals surface area (Å²) >= 11 is 3.51. The molecule has 1 aromatic carbocycles. The number of fused-ring (bicyclic) bond motifs is 1. The summed E-state index contributed by atoms with van der Waals surface area (Å²) in [6.07, 6.45) is 0. The van der Waals surface area contributed by atoms with Gasteiger partial charge in [-0.1, -0.05) is 29.8 Å². The van der Waals surface area contributed by atoms with Crippen LogP contribution in [-0.4, -0.2) is 13.2 Å². The molecule has 0 aliphatic carbocycles. The molecule has 82 valence electrons. The Bertz CT molecular complexity index is 353. The van der Waals surface area contributed by atoms with Gasteiger partial charge in [0.15, 0.2) is 0 Å². The largest absolute Gasteiger partial charge is 0.493 e. The molecular formula is C12H16BrNO. The van der Waals surface area contributed by atoms with Crippen molar-refractivity contribution >= 4 is 15.9 Å². The molecule has 0 spiro atoms.